The highest BCUT2D eigenvalue weighted by molar-refractivity contribution is 7.18. The number of nitrogens with zero attached hydrogens (tertiary/aromatic N) is 2. The number of carbonyl (C=O) groups excluding carboxylic acids is 2. The molecule has 2 aromatic rings. The number of nitrogens with one attached hydrogen (secondary N) is 1. The van der Waals surface area contributed by atoms with Crippen LogP contribution in [0.25, 0.3) is 10.2 Å². The molecule has 6 heteroatoms. The zero-order valence-corrected chi connectivity index (χ0v) is 14.3. The summed E-state index contributed by atoms with van der Waals surface area (Å²) in [5, 5.41) is 3.87. The Morgan fingerprint density at radius 2 is 2.08 bits per heavy atom. The van der Waals surface area contributed by atoms with E-state index in [1.165, 1.54) is 12.8 Å². The van der Waals surface area contributed by atoms with Crippen molar-refractivity contribution in [3.05, 3.63) is 29.3 Å². The Kier molecular flexibility index (Phi) is 4.22. The Bertz CT molecular complexity index is 733. The highest BCUT2D eigenvalue weighted by atomic mass is 32.1. The maximum atomic E-state index is 12.4. The van der Waals surface area contributed by atoms with Crippen LogP contribution in [0.2, 0.25) is 0 Å². The summed E-state index contributed by atoms with van der Waals surface area (Å²) in [7, 11) is 0. The summed E-state index contributed by atoms with van der Waals surface area (Å²) in [5.74, 6) is -0.0994. The van der Waals surface area contributed by atoms with Gasteiger partial charge in [0.1, 0.15) is 5.01 Å². The number of rotatable bonds is 4. The first-order valence-corrected chi connectivity index (χ1v) is 9.44. The van der Waals surface area contributed by atoms with Crippen LogP contribution >= 0.6 is 11.3 Å². The van der Waals surface area contributed by atoms with E-state index in [1.54, 1.807) is 11.3 Å². The maximum Gasteiger partial charge on any atom is 0.225 e. The van der Waals surface area contributed by atoms with Crippen molar-refractivity contribution in [1.82, 2.24) is 15.2 Å². The molecule has 1 saturated heterocycles. The second-order valence-electron chi connectivity index (χ2n) is 6.68. The van der Waals surface area contributed by atoms with Gasteiger partial charge in [-0.1, -0.05) is 25.0 Å². The quantitative estimate of drug-likeness (QED) is 0.928. The SMILES string of the molecule is O=C(NCc1nc2ccccc2s1)[C@@H]1CC(=O)N(C2CCCC2)C1. The number of hydrogen-bond acceptors (Lipinski definition) is 4. The van der Waals surface area contributed by atoms with Crippen molar-refractivity contribution in [3.63, 3.8) is 0 Å². The highest BCUT2D eigenvalue weighted by Crippen LogP contribution is 2.29. The summed E-state index contributed by atoms with van der Waals surface area (Å²) in [6, 6.07) is 8.33. The van der Waals surface area contributed by atoms with E-state index in [1.807, 2.05) is 29.2 Å². The van der Waals surface area contributed by atoms with E-state index >= 15 is 0 Å². The molecule has 1 aliphatic carbocycles. The number of carbonyl (C=O) groups is 2. The first kappa shape index (κ1) is 15.6. The Hall–Kier alpha value is -1.95. The van der Waals surface area contributed by atoms with Gasteiger partial charge in [-0.15, -0.1) is 11.3 Å². The predicted molar refractivity (Wildman–Crippen MR) is 93.5 cm³/mol. The number of aromatic nitrogens is 1. The lowest BCUT2D eigenvalue weighted by molar-refractivity contribution is -0.130. The van der Waals surface area contributed by atoms with Crippen LogP contribution in [-0.4, -0.2) is 34.3 Å². The molecule has 4 rings (SSSR count). The van der Waals surface area contributed by atoms with Crippen LogP contribution in [0.3, 0.4) is 0 Å². The highest BCUT2D eigenvalue weighted by Gasteiger charge is 2.38. The predicted octanol–water partition coefficient (Wildman–Crippen LogP) is 2.70. The van der Waals surface area contributed by atoms with Gasteiger partial charge >= 0.3 is 0 Å². The van der Waals surface area contributed by atoms with Crippen LogP contribution in [-0.2, 0) is 16.1 Å². The van der Waals surface area contributed by atoms with Crippen molar-refractivity contribution in [3.8, 4) is 0 Å². The number of benzene rings is 1. The van der Waals surface area contributed by atoms with E-state index in [2.05, 4.69) is 10.3 Å². The fourth-order valence-corrected chi connectivity index (χ4v) is 4.69. The average molecular weight is 343 g/mol. The lowest BCUT2D eigenvalue weighted by atomic mass is 10.1. The molecule has 0 unspecified atom stereocenters. The molecule has 126 valence electrons. The van der Waals surface area contributed by atoms with E-state index in [-0.39, 0.29) is 17.7 Å². The lowest BCUT2D eigenvalue weighted by Gasteiger charge is -2.23. The van der Waals surface area contributed by atoms with Crippen molar-refractivity contribution in [1.29, 1.82) is 0 Å². The zero-order chi connectivity index (χ0) is 16.5. The fourth-order valence-electron chi connectivity index (χ4n) is 3.78. The molecule has 2 fully saturated rings. The lowest BCUT2D eigenvalue weighted by Crippen LogP contribution is -2.36. The second-order valence-corrected chi connectivity index (χ2v) is 7.79. The molecule has 1 aromatic carbocycles. The molecule has 24 heavy (non-hydrogen) atoms. The Labute approximate surface area is 145 Å². The van der Waals surface area contributed by atoms with Crippen LogP contribution in [0.1, 0.15) is 37.1 Å². The Balaban J connectivity index is 1.35. The van der Waals surface area contributed by atoms with E-state index in [0.29, 0.717) is 25.6 Å². The fraction of sp³-hybridized carbons (Fsp3) is 0.500. The summed E-state index contributed by atoms with van der Waals surface area (Å²) >= 11 is 1.60. The van der Waals surface area contributed by atoms with Gasteiger partial charge in [-0.05, 0) is 25.0 Å². The number of amides is 2. The van der Waals surface area contributed by atoms with Gasteiger partial charge in [-0.25, -0.2) is 4.98 Å². The van der Waals surface area contributed by atoms with Crippen LogP contribution < -0.4 is 5.32 Å². The van der Waals surface area contributed by atoms with Crippen LogP contribution in [0.4, 0.5) is 0 Å². The Morgan fingerprint density at radius 3 is 2.88 bits per heavy atom. The second kappa shape index (κ2) is 6.51. The van der Waals surface area contributed by atoms with Crippen molar-refractivity contribution in [2.75, 3.05) is 6.54 Å². The van der Waals surface area contributed by atoms with Gasteiger partial charge < -0.3 is 10.2 Å². The van der Waals surface area contributed by atoms with Crippen LogP contribution in [0.5, 0.6) is 0 Å². The molecule has 2 aliphatic rings. The summed E-state index contributed by atoms with van der Waals surface area (Å²) < 4.78 is 1.13. The number of fused-ring (bicyclic) bond motifs is 1. The summed E-state index contributed by atoms with van der Waals surface area (Å²) in [5.41, 5.74) is 0.968. The molecule has 2 heterocycles. The number of para-hydroxylation sites is 1. The maximum absolute atomic E-state index is 12.4. The first-order chi connectivity index (χ1) is 11.7. The van der Waals surface area contributed by atoms with Gasteiger partial charge in [0.15, 0.2) is 0 Å². The molecule has 1 N–H and O–H groups in total. The third-order valence-electron chi connectivity index (χ3n) is 5.05. The topological polar surface area (TPSA) is 62.3 Å². The molecule has 1 atom stereocenters. The molecular formula is C18H21N3O2S. The normalized spacial score (nSPS) is 21.8. The monoisotopic (exact) mass is 343 g/mol. The number of likely N-dealkylation sites (tertiary alicyclic amines) is 1. The molecule has 0 radical (unpaired) electrons. The summed E-state index contributed by atoms with van der Waals surface area (Å²) in [6.45, 7) is 1.02. The zero-order valence-electron chi connectivity index (χ0n) is 13.5. The largest absolute Gasteiger partial charge is 0.349 e. The minimum atomic E-state index is -0.215. The molecule has 2 amide bonds. The van der Waals surface area contributed by atoms with Crippen molar-refractivity contribution in [2.45, 2.75) is 44.7 Å². The van der Waals surface area contributed by atoms with Gasteiger partial charge in [-0.3, -0.25) is 9.59 Å². The minimum Gasteiger partial charge on any atom is -0.349 e. The van der Waals surface area contributed by atoms with Gasteiger partial charge in [0.2, 0.25) is 11.8 Å². The molecule has 0 spiro atoms. The Morgan fingerprint density at radius 1 is 1.29 bits per heavy atom. The van der Waals surface area contributed by atoms with Gasteiger partial charge in [0.25, 0.3) is 0 Å². The molecule has 1 saturated carbocycles. The van der Waals surface area contributed by atoms with Gasteiger partial charge in [0, 0.05) is 19.0 Å². The van der Waals surface area contributed by atoms with E-state index in [9.17, 15) is 9.59 Å². The summed E-state index contributed by atoms with van der Waals surface area (Å²) in [4.78, 5) is 31.1. The first-order valence-electron chi connectivity index (χ1n) is 8.62. The van der Waals surface area contributed by atoms with Crippen LogP contribution in [0.15, 0.2) is 24.3 Å². The van der Waals surface area contributed by atoms with Crippen LogP contribution in [0, 0.1) is 5.92 Å². The van der Waals surface area contributed by atoms with Crippen molar-refractivity contribution in [2.24, 2.45) is 5.92 Å². The van der Waals surface area contributed by atoms with Gasteiger partial charge in [-0.2, -0.15) is 0 Å². The molecular weight excluding hydrogens is 322 g/mol. The van der Waals surface area contributed by atoms with Crippen molar-refractivity contribution < 1.29 is 9.59 Å². The summed E-state index contributed by atoms with van der Waals surface area (Å²) in [6.07, 6.45) is 4.92. The van der Waals surface area contributed by atoms with E-state index in [0.717, 1.165) is 28.1 Å². The third-order valence-corrected chi connectivity index (χ3v) is 6.08. The smallest absolute Gasteiger partial charge is 0.225 e. The standard InChI is InChI=1S/C18H21N3O2S/c22-17-9-12(11-21(17)13-5-1-2-6-13)18(23)19-10-16-20-14-7-3-4-8-15(14)24-16/h3-4,7-8,12-13H,1-2,5-6,9-11H2,(H,19,23)/t12-/m1/s1. The number of hydrogen-bond donors (Lipinski definition) is 1. The minimum absolute atomic E-state index is 0.0249. The number of thiazole rings is 1. The van der Waals surface area contributed by atoms with E-state index < -0.39 is 0 Å². The van der Waals surface area contributed by atoms with E-state index in [4.69, 9.17) is 0 Å². The molecule has 0 bridgehead atoms. The third kappa shape index (κ3) is 3.02. The molecule has 1 aromatic heterocycles. The van der Waals surface area contributed by atoms with Crippen molar-refractivity contribution >= 4 is 33.4 Å². The molecule has 5 nitrogen and oxygen atoms in total. The molecule has 1 aliphatic heterocycles. The average Bonchev–Trinajstić information content (AvgIpc) is 3.30. The van der Waals surface area contributed by atoms with Gasteiger partial charge in [0.05, 0.1) is 22.7 Å².